The number of esters is 2. The maximum atomic E-state index is 13.7. The number of amides is 2. The topological polar surface area (TPSA) is 238 Å². The number of hydrogen-bond acceptors (Lipinski definition) is 12. The zero-order valence-electron chi connectivity index (χ0n) is 27.6. The Labute approximate surface area is 281 Å². The lowest BCUT2D eigenvalue weighted by Gasteiger charge is -2.62. The maximum Gasteiger partial charge on any atom is 0.326 e. The maximum absolute atomic E-state index is 13.7. The average molecular weight is 688 g/mol. The van der Waals surface area contributed by atoms with Crippen molar-refractivity contribution in [2.45, 2.75) is 101 Å². The molecule has 2 amide bonds. The fourth-order valence-electron chi connectivity index (χ4n) is 7.58. The third-order valence-corrected chi connectivity index (χ3v) is 9.99. The van der Waals surface area contributed by atoms with Gasteiger partial charge in [-0.2, -0.15) is 0 Å². The van der Waals surface area contributed by atoms with Gasteiger partial charge < -0.3 is 45.3 Å². The minimum atomic E-state index is -1.70. The largest absolute Gasteiger partial charge is 0.481 e. The molecule has 0 radical (unpaired) electrons. The molecule has 1 spiro atoms. The van der Waals surface area contributed by atoms with Gasteiger partial charge in [-0.25, -0.2) is 9.59 Å². The quantitative estimate of drug-likeness (QED) is 0.144. The van der Waals surface area contributed by atoms with Gasteiger partial charge >= 0.3 is 23.9 Å². The first kappa shape index (κ1) is 35.8. The highest BCUT2D eigenvalue weighted by Crippen LogP contribution is 2.65. The van der Waals surface area contributed by atoms with Crippen LogP contribution >= 0.6 is 0 Å². The molecule has 16 heteroatoms. The average Bonchev–Trinajstić information content (AvgIpc) is 3.38. The number of likely N-dealkylation sites (N-methyl/N-ethyl adjacent to an activating group) is 1. The SMILES string of the molecule is CC(C)C(=O)N[C@@H](CC(=O)OC1=CC[C@@]2(OC(=O)C[C@H](NC(=O)[C@H](C)O)C(=O)O)[C@H]3Cc4ccc(CO)c5c4[C@@]2(CCN3C)[C@H]1O5)C(=O)O. The van der Waals surface area contributed by atoms with Gasteiger partial charge in [-0.15, -0.1) is 0 Å². The number of carbonyl (C=O) groups is 6. The van der Waals surface area contributed by atoms with Crippen molar-refractivity contribution in [2.24, 2.45) is 5.92 Å². The Morgan fingerprint density at radius 1 is 1.00 bits per heavy atom. The molecular weight excluding hydrogens is 646 g/mol. The summed E-state index contributed by atoms with van der Waals surface area (Å²) in [5.74, 6) is -6.51. The minimum Gasteiger partial charge on any atom is -0.481 e. The standard InChI is InChI=1S/C33H41N3O13/c1-15(2)28(41)34-19(30(43)44)12-23(39)47-21-7-8-33(49-24(40)13-20(31(45)46)35-29(42)16(3)38)22-11-17-5-6-18(14-37)26-25(17)32(33,27(21)48-26)9-10-36(22)4/h5-7,15-16,19-20,22,27,37-38H,8-14H2,1-4H3,(H,34,41)(H,35,42)(H,43,44)(H,45,46)/t16-,19-,20-,22+,27-,32-,33+/m0/s1. The zero-order chi connectivity index (χ0) is 36.0. The zero-order valence-corrected chi connectivity index (χ0v) is 27.6. The molecule has 0 saturated carbocycles. The molecule has 266 valence electrons. The molecule has 6 N–H and O–H groups in total. The van der Waals surface area contributed by atoms with Crippen LogP contribution in [0.4, 0.5) is 0 Å². The van der Waals surface area contributed by atoms with E-state index in [0.29, 0.717) is 36.3 Å². The Morgan fingerprint density at radius 3 is 2.22 bits per heavy atom. The lowest BCUT2D eigenvalue weighted by atomic mass is 9.50. The molecule has 1 saturated heterocycles. The van der Waals surface area contributed by atoms with E-state index in [0.717, 1.165) is 12.5 Å². The van der Waals surface area contributed by atoms with Gasteiger partial charge in [0.1, 0.15) is 35.3 Å². The van der Waals surface area contributed by atoms with Crippen molar-refractivity contribution in [3.63, 3.8) is 0 Å². The first-order chi connectivity index (χ1) is 23.1. The summed E-state index contributed by atoms with van der Waals surface area (Å²) in [5, 5.41) is 43.7. The van der Waals surface area contributed by atoms with E-state index in [1.807, 2.05) is 18.0 Å². The normalized spacial score (nSPS) is 26.6. The summed E-state index contributed by atoms with van der Waals surface area (Å²) in [6, 6.07) is -0.123. The highest BCUT2D eigenvalue weighted by molar-refractivity contribution is 5.89. The third-order valence-electron chi connectivity index (χ3n) is 9.99. The van der Waals surface area contributed by atoms with Crippen LogP contribution in [0.3, 0.4) is 0 Å². The molecule has 4 aliphatic rings. The van der Waals surface area contributed by atoms with Crippen LogP contribution in [-0.4, -0.2) is 111 Å². The second kappa shape index (κ2) is 13.4. The number of aliphatic hydroxyl groups excluding tert-OH is 2. The second-order valence-corrected chi connectivity index (χ2v) is 13.4. The molecule has 16 nitrogen and oxygen atoms in total. The van der Waals surface area contributed by atoms with Gasteiger partial charge in [0.05, 0.1) is 30.9 Å². The first-order valence-electron chi connectivity index (χ1n) is 16.1. The molecule has 49 heavy (non-hydrogen) atoms. The lowest BCUT2D eigenvalue weighted by molar-refractivity contribution is -0.207. The number of carboxylic acid groups (broad SMARTS) is 2. The van der Waals surface area contributed by atoms with Gasteiger partial charge in [-0.05, 0) is 45.0 Å². The predicted octanol–water partition coefficient (Wildman–Crippen LogP) is -0.493. The van der Waals surface area contributed by atoms with E-state index in [1.54, 1.807) is 19.9 Å². The highest BCUT2D eigenvalue weighted by atomic mass is 16.6. The molecule has 1 aromatic rings. The number of aliphatic carboxylic acids is 2. The molecule has 0 unspecified atom stereocenters. The number of nitrogens with one attached hydrogen (secondary N) is 2. The predicted molar refractivity (Wildman–Crippen MR) is 166 cm³/mol. The van der Waals surface area contributed by atoms with Crippen molar-refractivity contribution in [3.05, 3.63) is 40.7 Å². The summed E-state index contributed by atoms with van der Waals surface area (Å²) >= 11 is 0. The van der Waals surface area contributed by atoms with Crippen molar-refractivity contribution < 1.29 is 63.4 Å². The molecule has 2 heterocycles. The van der Waals surface area contributed by atoms with E-state index in [1.165, 1.54) is 6.08 Å². The van der Waals surface area contributed by atoms with Crippen LogP contribution in [-0.2, 0) is 56.7 Å². The van der Waals surface area contributed by atoms with Gasteiger partial charge in [0, 0.05) is 23.5 Å². The highest BCUT2D eigenvalue weighted by Gasteiger charge is 2.74. The Bertz CT molecular complexity index is 1610. The summed E-state index contributed by atoms with van der Waals surface area (Å²) in [6.45, 7) is 4.42. The number of ether oxygens (including phenoxy) is 3. The van der Waals surface area contributed by atoms with Gasteiger partial charge in [0.2, 0.25) is 11.8 Å². The number of carbonyl (C=O) groups excluding carboxylic acids is 4. The Hall–Kier alpha value is -4.54. The van der Waals surface area contributed by atoms with E-state index in [9.17, 15) is 49.2 Å². The second-order valence-electron chi connectivity index (χ2n) is 13.4. The van der Waals surface area contributed by atoms with E-state index in [-0.39, 0.29) is 18.8 Å². The van der Waals surface area contributed by atoms with Crippen molar-refractivity contribution in [1.82, 2.24) is 15.5 Å². The van der Waals surface area contributed by atoms with Crippen LogP contribution in [0.1, 0.15) is 63.1 Å². The molecule has 1 fully saturated rings. The summed E-state index contributed by atoms with van der Waals surface area (Å²) in [4.78, 5) is 77.2. The van der Waals surface area contributed by atoms with Crippen LogP contribution in [0.15, 0.2) is 24.0 Å². The number of likely N-dealkylation sites (tertiary alicyclic amines) is 1. The van der Waals surface area contributed by atoms with Crippen molar-refractivity contribution in [2.75, 3.05) is 13.6 Å². The summed E-state index contributed by atoms with van der Waals surface area (Å²) < 4.78 is 18.7. The van der Waals surface area contributed by atoms with Gasteiger partial charge in [-0.3, -0.25) is 24.1 Å². The number of nitrogens with zero attached hydrogens (tertiary/aromatic N) is 1. The van der Waals surface area contributed by atoms with Crippen LogP contribution in [0.25, 0.3) is 0 Å². The van der Waals surface area contributed by atoms with Gasteiger partial charge in [0.25, 0.3) is 0 Å². The van der Waals surface area contributed by atoms with Crippen LogP contribution in [0.2, 0.25) is 0 Å². The fourth-order valence-corrected chi connectivity index (χ4v) is 7.58. The van der Waals surface area contributed by atoms with Crippen LogP contribution in [0.5, 0.6) is 5.75 Å². The van der Waals surface area contributed by atoms with Crippen LogP contribution < -0.4 is 15.4 Å². The number of piperidine rings is 1. The number of rotatable bonds is 13. The fraction of sp³-hybridized carbons (Fsp3) is 0.576. The van der Waals surface area contributed by atoms with Crippen molar-refractivity contribution >= 4 is 35.7 Å². The molecule has 1 aromatic carbocycles. The molecule has 2 aliphatic carbocycles. The number of benzene rings is 1. The minimum absolute atomic E-state index is 0.0112. The number of hydrogen-bond donors (Lipinski definition) is 6. The molecule has 2 bridgehead atoms. The molecular formula is C33H41N3O13. The Balaban J connectivity index is 1.53. The summed E-state index contributed by atoms with van der Waals surface area (Å²) in [5.41, 5.74) is -0.596. The van der Waals surface area contributed by atoms with Gasteiger partial charge in [-0.1, -0.05) is 26.0 Å². The van der Waals surface area contributed by atoms with E-state index in [2.05, 4.69) is 10.6 Å². The van der Waals surface area contributed by atoms with Crippen LogP contribution in [0, 0.1) is 5.92 Å². The number of carboxylic acids is 2. The van der Waals surface area contributed by atoms with E-state index >= 15 is 0 Å². The monoisotopic (exact) mass is 687 g/mol. The third kappa shape index (κ3) is 6.12. The van der Waals surface area contributed by atoms with E-state index in [4.69, 9.17) is 14.2 Å². The molecule has 5 rings (SSSR count). The number of aliphatic hydroxyl groups is 2. The summed E-state index contributed by atoms with van der Waals surface area (Å²) in [7, 11) is 1.87. The molecule has 2 aliphatic heterocycles. The summed E-state index contributed by atoms with van der Waals surface area (Å²) in [6.07, 6.45) is -1.80. The Kier molecular flexibility index (Phi) is 9.78. The lowest BCUT2D eigenvalue weighted by Crippen LogP contribution is -2.75. The molecule has 7 atom stereocenters. The molecule has 0 aromatic heterocycles. The Morgan fingerprint density at radius 2 is 1.63 bits per heavy atom. The van der Waals surface area contributed by atoms with Gasteiger partial charge in [0.15, 0.2) is 6.10 Å². The smallest absolute Gasteiger partial charge is 0.326 e. The van der Waals surface area contributed by atoms with Crippen molar-refractivity contribution in [1.29, 1.82) is 0 Å². The first-order valence-corrected chi connectivity index (χ1v) is 16.1. The van der Waals surface area contributed by atoms with Crippen molar-refractivity contribution in [3.8, 4) is 5.75 Å². The van der Waals surface area contributed by atoms with E-state index < -0.39 is 95.8 Å².